The second-order valence-electron chi connectivity index (χ2n) is 7.47. The van der Waals surface area contributed by atoms with E-state index >= 15 is 0 Å². The minimum Gasteiger partial charge on any atom is -0.494 e. The number of ether oxygens (including phenoxy) is 1. The van der Waals surface area contributed by atoms with Crippen LogP contribution in [-0.4, -0.2) is 6.61 Å². The van der Waals surface area contributed by atoms with Gasteiger partial charge in [-0.15, -0.1) is 0 Å². The van der Waals surface area contributed by atoms with Crippen LogP contribution >= 0.6 is 0 Å². The molecule has 3 rings (SSSR count). The summed E-state index contributed by atoms with van der Waals surface area (Å²) < 4.78 is 5.75. The van der Waals surface area contributed by atoms with E-state index < -0.39 is 0 Å². The van der Waals surface area contributed by atoms with E-state index in [-0.39, 0.29) is 0 Å². The molecule has 1 heteroatoms. The summed E-state index contributed by atoms with van der Waals surface area (Å²) in [5, 5.41) is 0. The molecule has 1 fully saturated rings. The van der Waals surface area contributed by atoms with Gasteiger partial charge in [0.25, 0.3) is 0 Å². The number of benzene rings is 2. The highest BCUT2D eigenvalue weighted by Crippen LogP contribution is 2.28. The summed E-state index contributed by atoms with van der Waals surface area (Å²) >= 11 is 0. The van der Waals surface area contributed by atoms with Crippen molar-refractivity contribution in [1.82, 2.24) is 0 Å². The first-order valence-electron chi connectivity index (χ1n) is 10.2. The van der Waals surface area contributed by atoms with Gasteiger partial charge in [0.1, 0.15) is 5.75 Å². The number of hydrogen-bond acceptors (Lipinski definition) is 1. The van der Waals surface area contributed by atoms with Crippen molar-refractivity contribution in [3.63, 3.8) is 0 Å². The molecule has 0 amide bonds. The lowest BCUT2D eigenvalue weighted by atomic mass is 9.85. The maximum absolute atomic E-state index is 5.75. The van der Waals surface area contributed by atoms with Crippen molar-refractivity contribution >= 4 is 0 Å². The van der Waals surface area contributed by atoms with Crippen LogP contribution in [0.1, 0.15) is 63.9 Å². The molecule has 0 unspecified atom stereocenters. The molecule has 0 radical (unpaired) electrons. The number of unbranched alkanes of at least 4 members (excludes halogenated alkanes) is 1. The smallest absolute Gasteiger partial charge is 0.119 e. The summed E-state index contributed by atoms with van der Waals surface area (Å²) in [5.74, 6) is 1.94. The van der Waals surface area contributed by atoms with E-state index in [0.29, 0.717) is 0 Å². The summed E-state index contributed by atoms with van der Waals surface area (Å²) in [6.45, 7) is 3.00. The fourth-order valence-electron chi connectivity index (χ4n) is 3.79. The molecule has 2 aromatic rings. The Morgan fingerprint density at radius 1 is 0.840 bits per heavy atom. The maximum atomic E-state index is 5.75. The normalized spacial score (nSPS) is 15.2. The van der Waals surface area contributed by atoms with Crippen LogP contribution in [0.5, 0.6) is 5.75 Å². The molecular weight excluding hydrogens is 304 g/mol. The van der Waals surface area contributed by atoms with Gasteiger partial charge in [-0.25, -0.2) is 0 Å². The van der Waals surface area contributed by atoms with Crippen LogP contribution < -0.4 is 4.74 Å². The molecule has 1 saturated carbocycles. The highest BCUT2D eigenvalue weighted by Gasteiger charge is 2.13. The Balaban J connectivity index is 1.52. The molecule has 0 aromatic heterocycles. The zero-order chi connectivity index (χ0) is 17.3. The van der Waals surface area contributed by atoms with Gasteiger partial charge in [-0.2, -0.15) is 0 Å². The quantitative estimate of drug-likeness (QED) is 0.469. The van der Waals surface area contributed by atoms with Gasteiger partial charge < -0.3 is 4.74 Å². The van der Waals surface area contributed by atoms with Gasteiger partial charge in [-0.3, -0.25) is 0 Å². The minimum absolute atomic E-state index is 0.811. The molecule has 0 heterocycles. The Labute approximate surface area is 153 Å². The molecule has 2 aromatic carbocycles. The van der Waals surface area contributed by atoms with E-state index in [9.17, 15) is 0 Å². The Morgan fingerprint density at radius 3 is 2.12 bits per heavy atom. The average Bonchev–Trinajstić information content (AvgIpc) is 2.68. The molecule has 0 atom stereocenters. The highest BCUT2D eigenvalue weighted by atomic mass is 16.5. The van der Waals surface area contributed by atoms with Gasteiger partial charge in [0.05, 0.1) is 6.61 Å². The number of hydrogen-bond donors (Lipinski definition) is 0. The number of aryl methyl sites for hydroxylation is 1. The van der Waals surface area contributed by atoms with Gasteiger partial charge in [0, 0.05) is 0 Å². The first-order valence-corrected chi connectivity index (χ1v) is 10.2. The molecule has 0 spiro atoms. The standard InChI is InChI=1S/C24H32O/c1-2-3-19-25-24-17-15-23(16-18-24)22-13-11-21(12-14-22)10-9-20-7-5-4-6-8-20/h11-18,20H,2-10,19H2,1H3. The van der Waals surface area contributed by atoms with Gasteiger partial charge >= 0.3 is 0 Å². The summed E-state index contributed by atoms with van der Waals surface area (Å²) in [7, 11) is 0. The van der Waals surface area contributed by atoms with Crippen molar-refractivity contribution in [2.24, 2.45) is 5.92 Å². The third-order valence-electron chi connectivity index (χ3n) is 5.47. The molecule has 25 heavy (non-hydrogen) atoms. The topological polar surface area (TPSA) is 9.23 Å². The van der Waals surface area contributed by atoms with E-state index in [0.717, 1.165) is 24.7 Å². The van der Waals surface area contributed by atoms with Crippen molar-refractivity contribution in [3.05, 3.63) is 54.1 Å². The van der Waals surface area contributed by atoms with E-state index in [1.165, 1.54) is 68.1 Å². The Kier molecular flexibility index (Phi) is 6.97. The minimum atomic E-state index is 0.811. The van der Waals surface area contributed by atoms with Crippen molar-refractivity contribution in [3.8, 4) is 16.9 Å². The first kappa shape index (κ1) is 18.0. The van der Waals surface area contributed by atoms with Crippen LogP contribution in [0, 0.1) is 5.92 Å². The predicted molar refractivity (Wildman–Crippen MR) is 107 cm³/mol. The van der Waals surface area contributed by atoms with Crippen LogP contribution in [0.4, 0.5) is 0 Å². The van der Waals surface area contributed by atoms with Crippen LogP contribution in [0.3, 0.4) is 0 Å². The zero-order valence-electron chi connectivity index (χ0n) is 15.7. The summed E-state index contributed by atoms with van der Waals surface area (Å²) in [5.41, 5.74) is 4.04. The lowest BCUT2D eigenvalue weighted by molar-refractivity contribution is 0.309. The first-order chi connectivity index (χ1) is 12.3. The van der Waals surface area contributed by atoms with Crippen LogP contribution in [0.2, 0.25) is 0 Å². The predicted octanol–water partition coefficient (Wildman–Crippen LogP) is 7.05. The monoisotopic (exact) mass is 336 g/mol. The molecule has 1 aliphatic rings. The molecule has 1 nitrogen and oxygen atoms in total. The van der Waals surface area contributed by atoms with Crippen molar-refractivity contribution in [2.75, 3.05) is 6.61 Å². The Morgan fingerprint density at radius 2 is 1.48 bits per heavy atom. The maximum Gasteiger partial charge on any atom is 0.119 e. The van der Waals surface area contributed by atoms with Gasteiger partial charge in [-0.1, -0.05) is 81.8 Å². The SMILES string of the molecule is CCCCOc1ccc(-c2ccc(CCC3CCCCC3)cc2)cc1. The fourth-order valence-corrected chi connectivity index (χ4v) is 3.79. The van der Waals surface area contributed by atoms with Crippen LogP contribution in [-0.2, 0) is 6.42 Å². The molecular formula is C24H32O. The Bertz CT molecular complexity index is 606. The van der Waals surface area contributed by atoms with Crippen molar-refractivity contribution < 1.29 is 4.74 Å². The van der Waals surface area contributed by atoms with E-state index in [1.807, 2.05) is 0 Å². The average molecular weight is 337 g/mol. The van der Waals surface area contributed by atoms with E-state index in [2.05, 4.69) is 55.5 Å². The van der Waals surface area contributed by atoms with Gasteiger partial charge in [0.2, 0.25) is 0 Å². The van der Waals surface area contributed by atoms with Crippen LogP contribution in [0.15, 0.2) is 48.5 Å². The fraction of sp³-hybridized carbons (Fsp3) is 0.500. The molecule has 0 aliphatic heterocycles. The van der Waals surface area contributed by atoms with E-state index in [4.69, 9.17) is 4.74 Å². The third kappa shape index (κ3) is 5.63. The lowest BCUT2D eigenvalue weighted by Crippen LogP contribution is -2.07. The highest BCUT2D eigenvalue weighted by molar-refractivity contribution is 5.64. The second kappa shape index (κ2) is 9.65. The molecule has 0 bridgehead atoms. The van der Waals surface area contributed by atoms with Crippen LogP contribution in [0.25, 0.3) is 11.1 Å². The molecule has 1 aliphatic carbocycles. The van der Waals surface area contributed by atoms with Crippen molar-refractivity contribution in [2.45, 2.75) is 64.7 Å². The third-order valence-corrected chi connectivity index (χ3v) is 5.47. The second-order valence-corrected chi connectivity index (χ2v) is 7.47. The summed E-state index contributed by atoms with van der Waals surface area (Å²) in [6, 6.07) is 17.7. The largest absolute Gasteiger partial charge is 0.494 e. The molecule has 0 N–H and O–H groups in total. The Hall–Kier alpha value is -1.76. The summed E-state index contributed by atoms with van der Waals surface area (Å²) in [4.78, 5) is 0. The lowest BCUT2D eigenvalue weighted by Gasteiger charge is -2.21. The number of rotatable bonds is 8. The zero-order valence-corrected chi connectivity index (χ0v) is 15.7. The van der Waals surface area contributed by atoms with Crippen molar-refractivity contribution in [1.29, 1.82) is 0 Å². The van der Waals surface area contributed by atoms with Gasteiger partial charge in [0.15, 0.2) is 0 Å². The molecule has 134 valence electrons. The van der Waals surface area contributed by atoms with Gasteiger partial charge in [-0.05, 0) is 54.0 Å². The molecule has 0 saturated heterocycles. The van der Waals surface area contributed by atoms with E-state index in [1.54, 1.807) is 0 Å². The summed E-state index contributed by atoms with van der Waals surface area (Å²) in [6.07, 6.45) is 12.1.